The van der Waals surface area contributed by atoms with E-state index in [9.17, 15) is 10.1 Å². The van der Waals surface area contributed by atoms with Gasteiger partial charge in [-0.2, -0.15) is 0 Å². The lowest BCUT2D eigenvalue weighted by Gasteiger charge is -2.22. The van der Waals surface area contributed by atoms with E-state index in [4.69, 9.17) is 0 Å². The zero-order chi connectivity index (χ0) is 13.2. The van der Waals surface area contributed by atoms with Crippen LogP contribution in [0.4, 0.5) is 11.5 Å². The maximum atomic E-state index is 10.6. The third-order valence-electron chi connectivity index (χ3n) is 3.13. The fraction of sp³-hybridized carbons (Fsp3) is 0.308. The average molecular weight is 275 g/mol. The minimum atomic E-state index is -0.419. The summed E-state index contributed by atoms with van der Waals surface area (Å²) in [4.78, 5) is 18.0. The first-order chi connectivity index (χ1) is 9.24. The minimum Gasteiger partial charge on any atom is -0.348 e. The van der Waals surface area contributed by atoms with E-state index < -0.39 is 4.92 Å². The van der Waals surface area contributed by atoms with E-state index in [-0.39, 0.29) is 5.69 Å². The van der Waals surface area contributed by atoms with Gasteiger partial charge in [-0.3, -0.25) is 10.1 Å². The molecule has 0 radical (unpaired) electrons. The molecule has 0 amide bonds. The standard InChI is InChI=1S/C13H13N3O2S/c17-16(18)11-5-6-13(14-8-11)15(10-3-4-10)9-12-2-1-7-19-12/h1-2,5-8,10H,3-4,9H2. The molecule has 0 bridgehead atoms. The molecule has 0 saturated heterocycles. The van der Waals surface area contributed by atoms with Crippen molar-refractivity contribution in [3.05, 3.63) is 50.8 Å². The number of nitrogens with zero attached hydrogens (tertiary/aromatic N) is 3. The first-order valence-corrected chi connectivity index (χ1v) is 7.01. The first kappa shape index (κ1) is 12.1. The van der Waals surface area contributed by atoms with Crippen LogP contribution in [-0.2, 0) is 6.54 Å². The second kappa shape index (κ2) is 4.97. The van der Waals surface area contributed by atoms with Gasteiger partial charge in [0.1, 0.15) is 12.0 Å². The van der Waals surface area contributed by atoms with Gasteiger partial charge in [0.15, 0.2) is 0 Å². The monoisotopic (exact) mass is 275 g/mol. The molecule has 0 unspecified atom stereocenters. The van der Waals surface area contributed by atoms with E-state index in [0.717, 1.165) is 12.4 Å². The lowest BCUT2D eigenvalue weighted by Crippen LogP contribution is -2.25. The molecule has 0 N–H and O–H groups in total. The van der Waals surface area contributed by atoms with Gasteiger partial charge in [-0.1, -0.05) is 6.07 Å². The summed E-state index contributed by atoms with van der Waals surface area (Å²) in [6.45, 7) is 0.827. The van der Waals surface area contributed by atoms with Crippen molar-refractivity contribution in [3.8, 4) is 0 Å². The van der Waals surface area contributed by atoms with E-state index in [1.165, 1.54) is 30.0 Å². The van der Waals surface area contributed by atoms with Crippen LogP contribution in [-0.4, -0.2) is 15.9 Å². The number of pyridine rings is 1. The van der Waals surface area contributed by atoms with Crippen molar-refractivity contribution in [1.29, 1.82) is 0 Å². The van der Waals surface area contributed by atoms with Gasteiger partial charge in [0.05, 0.1) is 11.5 Å². The molecule has 1 fully saturated rings. The molecule has 1 aliphatic rings. The number of nitro groups is 1. The Kier molecular flexibility index (Phi) is 3.16. The Balaban J connectivity index is 1.81. The van der Waals surface area contributed by atoms with Gasteiger partial charge >= 0.3 is 0 Å². The lowest BCUT2D eigenvalue weighted by molar-refractivity contribution is -0.385. The highest BCUT2D eigenvalue weighted by molar-refractivity contribution is 7.09. The van der Waals surface area contributed by atoms with Crippen LogP contribution < -0.4 is 4.90 Å². The van der Waals surface area contributed by atoms with Gasteiger partial charge < -0.3 is 4.90 Å². The maximum absolute atomic E-state index is 10.6. The SMILES string of the molecule is O=[N+]([O-])c1ccc(N(Cc2cccs2)C2CC2)nc1. The van der Waals surface area contributed by atoms with Crippen molar-refractivity contribution >= 4 is 22.8 Å². The largest absolute Gasteiger partial charge is 0.348 e. The molecular formula is C13H13N3O2S. The Bertz CT molecular complexity index is 564. The molecule has 2 aromatic heterocycles. The fourth-order valence-corrected chi connectivity index (χ4v) is 2.71. The minimum absolute atomic E-state index is 0.0376. The van der Waals surface area contributed by atoms with Crippen LogP contribution >= 0.6 is 11.3 Å². The number of aromatic nitrogens is 1. The highest BCUT2D eigenvalue weighted by atomic mass is 32.1. The highest BCUT2D eigenvalue weighted by Gasteiger charge is 2.30. The predicted molar refractivity (Wildman–Crippen MR) is 74.4 cm³/mol. The summed E-state index contributed by atoms with van der Waals surface area (Å²) < 4.78 is 0. The lowest BCUT2D eigenvalue weighted by atomic mass is 10.3. The van der Waals surface area contributed by atoms with Gasteiger partial charge in [-0.25, -0.2) is 4.98 Å². The fourth-order valence-electron chi connectivity index (χ4n) is 2.01. The summed E-state index contributed by atoms with van der Waals surface area (Å²) in [6, 6.07) is 7.92. The number of thiophene rings is 1. The molecule has 2 aromatic rings. The van der Waals surface area contributed by atoms with Crippen LogP contribution in [0.1, 0.15) is 17.7 Å². The topological polar surface area (TPSA) is 59.3 Å². The first-order valence-electron chi connectivity index (χ1n) is 6.13. The molecule has 1 aliphatic carbocycles. The summed E-state index contributed by atoms with van der Waals surface area (Å²) in [5.41, 5.74) is 0.0376. The van der Waals surface area contributed by atoms with Gasteiger partial charge in [-0.05, 0) is 30.4 Å². The quantitative estimate of drug-likeness (QED) is 0.621. The summed E-state index contributed by atoms with van der Waals surface area (Å²) in [5.74, 6) is 0.821. The van der Waals surface area contributed by atoms with Gasteiger partial charge in [0.25, 0.3) is 5.69 Å². The van der Waals surface area contributed by atoms with Gasteiger partial charge in [-0.15, -0.1) is 11.3 Å². The molecule has 19 heavy (non-hydrogen) atoms. The molecular weight excluding hydrogens is 262 g/mol. The van der Waals surface area contributed by atoms with Gasteiger partial charge in [0.2, 0.25) is 0 Å². The van der Waals surface area contributed by atoms with Crippen LogP contribution in [0.25, 0.3) is 0 Å². The van der Waals surface area contributed by atoms with E-state index in [2.05, 4.69) is 21.3 Å². The Morgan fingerprint density at radius 1 is 1.42 bits per heavy atom. The Hall–Kier alpha value is -1.95. The predicted octanol–water partition coefficient (Wildman–Crippen LogP) is 3.22. The summed E-state index contributed by atoms with van der Waals surface area (Å²) >= 11 is 1.72. The van der Waals surface area contributed by atoms with Crippen molar-refractivity contribution in [2.45, 2.75) is 25.4 Å². The van der Waals surface area contributed by atoms with E-state index in [1.54, 1.807) is 17.4 Å². The average Bonchev–Trinajstić information content (AvgIpc) is 3.13. The molecule has 0 aliphatic heterocycles. The molecule has 2 heterocycles. The summed E-state index contributed by atoms with van der Waals surface area (Å²) in [6.07, 6.45) is 3.67. The second-order valence-corrected chi connectivity index (χ2v) is 5.60. The molecule has 0 aromatic carbocycles. The zero-order valence-electron chi connectivity index (χ0n) is 10.2. The second-order valence-electron chi connectivity index (χ2n) is 4.57. The molecule has 5 nitrogen and oxygen atoms in total. The number of rotatable bonds is 5. The number of hydrogen-bond acceptors (Lipinski definition) is 5. The summed E-state index contributed by atoms with van der Waals surface area (Å²) in [5, 5.41) is 12.7. The van der Waals surface area contributed by atoms with E-state index >= 15 is 0 Å². The normalized spacial score (nSPS) is 14.3. The van der Waals surface area contributed by atoms with Gasteiger partial charge in [0, 0.05) is 17.0 Å². The molecule has 98 valence electrons. The van der Waals surface area contributed by atoms with E-state index in [0.29, 0.717) is 6.04 Å². The van der Waals surface area contributed by atoms with Crippen LogP contribution in [0.5, 0.6) is 0 Å². The van der Waals surface area contributed by atoms with E-state index in [1.807, 2.05) is 6.07 Å². The van der Waals surface area contributed by atoms with Crippen molar-refractivity contribution in [1.82, 2.24) is 4.98 Å². The van der Waals surface area contributed by atoms with Crippen LogP contribution in [0.2, 0.25) is 0 Å². The Morgan fingerprint density at radius 3 is 2.79 bits per heavy atom. The number of hydrogen-bond donors (Lipinski definition) is 0. The Labute approximate surface area is 114 Å². The maximum Gasteiger partial charge on any atom is 0.287 e. The number of anilines is 1. The third kappa shape index (κ3) is 2.73. The molecule has 3 rings (SSSR count). The highest BCUT2D eigenvalue weighted by Crippen LogP contribution is 2.33. The van der Waals surface area contributed by atoms with Crippen LogP contribution in [0.3, 0.4) is 0 Å². The zero-order valence-corrected chi connectivity index (χ0v) is 11.0. The van der Waals surface area contributed by atoms with Crippen molar-refractivity contribution in [2.75, 3.05) is 4.90 Å². The van der Waals surface area contributed by atoms with Crippen LogP contribution in [0, 0.1) is 10.1 Å². The molecule has 0 atom stereocenters. The molecule has 6 heteroatoms. The van der Waals surface area contributed by atoms with Crippen molar-refractivity contribution in [2.24, 2.45) is 0 Å². The van der Waals surface area contributed by atoms with Crippen molar-refractivity contribution < 1.29 is 4.92 Å². The third-order valence-corrected chi connectivity index (χ3v) is 3.99. The molecule has 1 saturated carbocycles. The van der Waals surface area contributed by atoms with Crippen molar-refractivity contribution in [3.63, 3.8) is 0 Å². The smallest absolute Gasteiger partial charge is 0.287 e. The van der Waals surface area contributed by atoms with Crippen LogP contribution in [0.15, 0.2) is 35.8 Å². The summed E-state index contributed by atoms with van der Waals surface area (Å²) in [7, 11) is 0. The Morgan fingerprint density at radius 2 is 2.26 bits per heavy atom. The molecule has 0 spiro atoms.